The van der Waals surface area contributed by atoms with E-state index in [1.807, 2.05) is 7.05 Å². The molecular formula is C15H21ClN2O4S. The van der Waals surface area contributed by atoms with Gasteiger partial charge in [0, 0.05) is 31.6 Å². The Labute approximate surface area is 142 Å². The number of halogens is 1. The van der Waals surface area contributed by atoms with Crippen molar-refractivity contribution in [1.29, 1.82) is 0 Å². The highest BCUT2D eigenvalue weighted by molar-refractivity contribution is 7.89. The van der Waals surface area contributed by atoms with Crippen LogP contribution in [0.5, 0.6) is 5.75 Å². The van der Waals surface area contributed by atoms with Gasteiger partial charge in [0.1, 0.15) is 5.75 Å². The number of methoxy groups -OCH3 is 1. The van der Waals surface area contributed by atoms with Gasteiger partial charge in [-0.15, -0.1) is 0 Å². The van der Waals surface area contributed by atoms with E-state index in [-0.39, 0.29) is 16.9 Å². The molecule has 0 spiro atoms. The summed E-state index contributed by atoms with van der Waals surface area (Å²) in [5.41, 5.74) is 0. The van der Waals surface area contributed by atoms with Crippen LogP contribution >= 0.6 is 11.6 Å². The lowest BCUT2D eigenvalue weighted by Gasteiger charge is -2.29. The zero-order valence-electron chi connectivity index (χ0n) is 13.2. The number of rotatable bonds is 3. The minimum absolute atomic E-state index is 0.0750. The molecule has 1 aromatic carbocycles. The summed E-state index contributed by atoms with van der Waals surface area (Å²) in [5.74, 6) is 0.641. The molecule has 2 aliphatic heterocycles. The first kappa shape index (κ1) is 17.0. The highest BCUT2D eigenvalue weighted by atomic mass is 35.5. The Morgan fingerprint density at radius 3 is 2.74 bits per heavy atom. The maximum Gasteiger partial charge on any atom is 0.243 e. The zero-order valence-corrected chi connectivity index (χ0v) is 14.8. The normalized spacial score (nSPS) is 26.7. The van der Waals surface area contributed by atoms with E-state index < -0.39 is 10.0 Å². The highest BCUT2D eigenvalue weighted by Crippen LogP contribution is 2.30. The Kier molecular flexibility index (Phi) is 4.85. The highest BCUT2D eigenvalue weighted by Gasteiger charge is 2.37. The molecule has 2 heterocycles. The number of sulfonamides is 1. The summed E-state index contributed by atoms with van der Waals surface area (Å²) in [6.07, 6.45) is 0. The fourth-order valence-electron chi connectivity index (χ4n) is 3.16. The molecule has 2 bridgehead atoms. The van der Waals surface area contributed by atoms with Gasteiger partial charge < -0.3 is 9.47 Å². The van der Waals surface area contributed by atoms with Crippen LogP contribution < -0.4 is 4.74 Å². The van der Waals surface area contributed by atoms with E-state index in [1.165, 1.54) is 13.2 Å². The van der Waals surface area contributed by atoms with E-state index in [4.69, 9.17) is 21.1 Å². The summed E-state index contributed by atoms with van der Waals surface area (Å²) < 4.78 is 38.3. The molecule has 128 valence electrons. The Balaban J connectivity index is 1.91. The van der Waals surface area contributed by atoms with Gasteiger partial charge in [-0.25, -0.2) is 8.42 Å². The van der Waals surface area contributed by atoms with Crippen molar-refractivity contribution in [3.05, 3.63) is 23.2 Å². The van der Waals surface area contributed by atoms with Gasteiger partial charge >= 0.3 is 0 Å². The second kappa shape index (κ2) is 6.57. The van der Waals surface area contributed by atoms with Crippen LogP contribution in [0, 0.1) is 5.92 Å². The van der Waals surface area contributed by atoms with Crippen LogP contribution in [-0.2, 0) is 14.8 Å². The predicted molar refractivity (Wildman–Crippen MR) is 87.5 cm³/mol. The topological polar surface area (TPSA) is 59.1 Å². The van der Waals surface area contributed by atoms with Gasteiger partial charge in [0.05, 0.1) is 30.2 Å². The number of fused-ring (bicyclic) bond motifs is 3. The lowest BCUT2D eigenvalue weighted by atomic mass is 10.1. The van der Waals surface area contributed by atoms with Crippen LogP contribution in [-0.4, -0.2) is 70.7 Å². The molecule has 2 fully saturated rings. The van der Waals surface area contributed by atoms with Crippen molar-refractivity contribution in [3.8, 4) is 5.75 Å². The SMILES string of the molecule is COc1ccc(S(=O)(=O)N2C[C@@H]3COC[C@H](C2)N(C)C3)cc1Cl. The van der Waals surface area contributed by atoms with E-state index in [0.29, 0.717) is 37.1 Å². The first-order valence-electron chi connectivity index (χ1n) is 7.53. The molecular weight excluding hydrogens is 340 g/mol. The van der Waals surface area contributed by atoms with Gasteiger partial charge in [0.15, 0.2) is 0 Å². The second-order valence-electron chi connectivity index (χ2n) is 6.12. The largest absolute Gasteiger partial charge is 0.495 e. The third kappa shape index (κ3) is 3.34. The average Bonchev–Trinajstić information content (AvgIpc) is 2.75. The van der Waals surface area contributed by atoms with Crippen LogP contribution in [0.15, 0.2) is 23.1 Å². The van der Waals surface area contributed by atoms with Crippen LogP contribution in [0.25, 0.3) is 0 Å². The molecule has 1 aromatic rings. The maximum absolute atomic E-state index is 13.0. The van der Waals surface area contributed by atoms with Gasteiger partial charge in [-0.3, -0.25) is 4.90 Å². The first-order valence-corrected chi connectivity index (χ1v) is 9.35. The van der Waals surface area contributed by atoms with Gasteiger partial charge in [0.25, 0.3) is 0 Å². The van der Waals surface area contributed by atoms with Gasteiger partial charge in [-0.2, -0.15) is 4.31 Å². The molecule has 2 saturated heterocycles. The van der Waals surface area contributed by atoms with Crippen molar-refractivity contribution in [2.45, 2.75) is 10.9 Å². The van der Waals surface area contributed by atoms with Crippen LogP contribution in [0.3, 0.4) is 0 Å². The molecule has 0 N–H and O–H groups in total. The summed E-state index contributed by atoms with van der Waals surface area (Å²) in [5, 5.41) is 0.295. The van der Waals surface area contributed by atoms with Crippen LogP contribution in [0.4, 0.5) is 0 Å². The Morgan fingerprint density at radius 1 is 1.26 bits per heavy atom. The van der Waals surface area contributed by atoms with E-state index in [0.717, 1.165) is 6.54 Å². The molecule has 2 atom stereocenters. The molecule has 6 nitrogen and oxygen atoms in total. The van der Waals surface area contributed by atoms with Crippen molar-refractivity contribution in [2.75, 3.05) is 47.0 Å². The van der Waals surface area contributed by atoms with Gasteiger partial charge in [-0.1, -0.05) is 11.6 Å². The van der Waals surface area contributed by atoms with Gasteiger partial charge in [-0.05, 0) is 25.2 Å². The molecule has 2 aliphatic rings. The van der Waals surface area contributed by atoms with Crippen LogP contribution in [0.1, 0.15) is 0 Å². The summed E-state index contributed by atoms with van der Waals surface area (Å²) >= 11 is 6.09. The smallest absolute Gasteiger partial charge is 0.243 e. The Hall–Kier alpha value is -0.860. The molecule has 0 aromatic heterocycles. The van der Waals surface area contributed by atoms with Crippen molar-refractivity contribution >= 4 is 21.6 Å². The van der Waals surface area contributed by atoms with Crippen LogP contribution in [0.2, 0.25) is 5.02 Å². The summed E-state index contributed by atoms with van der Waals surface area (Å²) in [6, 6.07) is 4.66. The van der Waals surface area contributed by atoms with Crippen molar-refractivity contribution in [1.82, 2.24) is 9.21 Å². The molecule has 0 aliphatic carbocycles. The monoisotopic (exact) mass is 360 g/mol. The standard InChI is InChI=1S/C15H21ClN2O4S/c1-17-6-11-7-18(8-12(17)10-22-9-11)23(19,20)13-3-4-15(21-2)14(16)5-13/h3-5,11-12H,6-10H2,1-2H3/t11-,12+/m1/s1. The number of hydrogen-bond acceptors (Lipinski definition) is 5. The fraction of sp³-hybridized carbons (Fsp3) is 0.600. The molecule has 0 saturated carbocycles. The van der Waals surface area contributed by atoms with Crippen molar-refractivity contribution in [2.24, 2.45) is 5.92 Å². The molecule has 23 heavy (non-hydrogen) atoms. The third-order valence-corrected chi connectivity index (χ3v) is 6.59. The number of likely N-dealkylation sites (N-methyl/N-ethyl adjacent to an activating group) is 1. The minimum Gasteiger partial charge on any atom is -0.495 e. The Morgan fingerprint density at radius 2 is 2.04 bits per heavy atom. The minimum atomic E-state index is -3.59. The van der Waals surface area contributed by atoms with E-state index in [9.17, 15) is 8.42 Å². The summed E-state index contributed by atoms with van der Waals surface area (Å²) in [6.45, 7) is 2.89. The third-order valence-electron chi connectivity index (χ3n) is 4.47. The molecule has 8 heteroatoms. The number of hydrogen-bond donors (Lipinski definition) is 0. The quantitative estimate of drug-likeness (QED) is 0.813. The zero-order chi connectivity index (χ0) is 16.6. The predicted octanol–water partition coefficient (Wildman–Crippen LogP) is 1.30. The van der Waals surface area contributed by atoms with E-state index in [2.05, 4.69) is 4.90 Å². The number of nitrogens with zero attached hydrogens (tertiary/aromatic N) is 2. The lowest BCUT2D eigenvalue weighted by Crippen LogP contribution is -2.44. The first-order chi connectivity index (χ1) is 10.9. The van der Waals surface area contributed by atoms with Gasteiger partial charge in [0.2, 0.25) is 10.0 Å². The maximum atomic E-state index is 13.0. The molecule has 0 radical (unpaired) electrons. The molecule has 0 amide bonds. The second-order valence-corrected chi connectivity index (χ2v) is 8.46. The van der Waals surface area contributed by atoms with Crippen molar-refractivity contribution in [3.63, 3.8) is 0 Å². The average molecular weight is 361 g/mol. The van der Waals surface area contributed by atoms with E-state index >= 15 is 0 Å². The van der Waals surface area contributed by atoms with Crippen molar-refractivity contribution < 1.29 is 17.9 Å². The van der Waals surface area contributed by atoms with E-state index in [1.54, 1.807) is 16.4 Å². The number of benzene rings is 1. The lowest BCUT2D eigenvalue weighted by molar-refractivity contribution is 0.0727. The summed E-state index contributed by atoms with van der Waals surface area (Å²) in [7, 11) is -0.0654. The molecule has 3 rings (SSSR count). The molecule has 0 unspecified atom stereocenters. The Bertz CT molecular complexity index is 682. The summed E-state index contributed by atoms with van der Waals surface area (Å²) in [4.78, 5) is 2.39. The number of ether oxygens (including phenoxy) is 2. The fourth-order valence-corrected chi connectivity index (χ4v) is 5.06.